The maximum Gasteiger partial charge on any atom is 0.272 e. The lowest BCUT2D eigenvalue weighted by Crippen LogP contribution is -2.30. The smallest absolute Gasteiger partial charge is 0.272 e. The fraction of sp³-hybridized carbons (Fsp3) is 0.121. The van der Waals surface area contributed by atoms with Gasteiger partial charge in [0.1, 0.15) is 17.2 Å². The Morgan fingerprint density at radius 1 is 0.837 bits per heavy atom. The zero-order valence-corrected chi connectivity index (χ0v) is 25.3. The van der Waals surface area contributed by atoms with Crippen LogP contribution in [0.25, 0.3) is 6.08 Å². The van der Waals surface area contributed by atoms with E-state index in [9.17, 15) is 14.4 Å². The molecule has 0 saturated carbocycles. The van der Waals surface area contributed by atoms with Gasteiger partial charge < -0.3 is 25.4 Å². The summed E-state index contributed by atoms with van der Waals surface area (Å²) in [7, 11) is 3.08. The number of methoxy groups -OCH3 is 2. The van der Waals surface area contributed by atoms with Crippen LogP contribution >= 0.6 is 23.4 Å². The van der Waals surface area contributed by atoms with Crippen molar-refractivity contribution in [1.29, 1.82) is 0 Å². The van der Waals surface area contributed by atoms with E-state index in [1.54, 1.807) is 117 Å². The van der Waals surface area contributed by atoms with Gasteiger partial charge in [0.2, 0.25) is 5.91 Å². The van der Waals surface area contributed by atoms with Crippen LogP contribution in [0, 0.1) is 0 Å². The summed E-state index contributed by atoms with van der Waals surface area (Å²) >= 11 is 7.48. The minimum atomic E-state index is -0.508. The van der Waals surface area contributed by atoms with Gasteiger partial charge in [-0.15, -0.1) is 11.8 Å². The molecule has 4 rings (SSSR count). The molecule has 8 nitrogen and oxygen atoms in total. The summed E-state index contributed by atoms with van der Waals surface area (Å²) in [6, 6.07) is 27.8. The van der Waals surface area contributed by atoms with Gasteiger partial charge in [-0.2, -0.15) is 0 Å². The molecule has 220 valence electrons. The molecule has 10 heteroatoms. The first-order valence-corrected chi connectivity index (χ1v) is 14.5. The van der Waals surface area contributed by atoms with E-state index < -0.39 is 17.1 Å². The maximum absolute atomic E-state index is 13.3. The lowest BCUT2D eigenvalue weighted by atomic mass is 10.1. The van der Waals surface area contributed by atoms with Crippen molar-refractivity contribution in [2.75, 3.05) is 24.9 Å². The normalized spacial score (nSPS) is 11.7. The van der Waals surface area contributed by atoms with Crippen molar-refractivity contribution < 1.29 is 23.9 Å². The number of ether oxygens (including phenoxy) is 2. The lowest BCUT2D eigenvalue weighted by molar-refractivity contribution is -0.115. The van der Waals surface area contributed by atoms with Crippen molar-refractivity contribution in [3.05, 3.63) is 119 Å². The Morgan fingerprint density at radius 3 is 2.26 bits per heavy atom. The van der Waals surface area contributed by atoms with E-state index in [1.807, 2.05) is 0 Å². The summed E-state index contributed by atoms with van der Waals surface area (Å²) in [5.74, 6) is -0.0132. The number of halogens is 1. The molecule has 0 aliphatic heterocycles. The number of hydrogen-bond donors (Lipinski definition) is 3. The van der Waals surface area contributed by atoms with E-state index in [0.29, 0.717) is 39.0 Å². The van der Waals surface area contributed by atoms with Gasteiger partial charge in [0.25, 0.3) is 11.8 Å². The molecule has 1 atom stereocenters. The number of carbonyl (C=O) groups excluding carboxylic acids is 3. The number of hydrogen-bond acceptors (Lipinski definition) is 6. The minimum absolute atomic E-state index is 0.0498. The first-order chi connectivity index (χ1) is 20.7. The van der Waals surface area contributed by atoms with Crippen molar-refractivity contribution in [2.24, 2.45) is 0 Å². The molecule has 0 bridgehead atoms. The third-order valence-corrected chi connectivity index (χ3v) is 7.50. The molecule has 0 heterocycles. The first kappa shape index (κ1) is 31.2. The van der Waals surface area contributed by atoms with Gasteiger partial charge in [0.05, 0.1) is 25.2 Å². The zero-order valence-electron chi connectivity index (χ0n) is 23.7. The predicted octanol–water partition coefficient (Wildman–Crippen LogP) is 6.89. The zero-order chi connectivity index (χ0) is 30.8. The van der Waals surface area contributed by atoms with Gasteiger partial charge in [0, 0.05) is 27.2 Å². The van der Waals surface area contributed by atoms with E-state index >= 15 is 0 Å². The maximum atomic E-state index is 13.3. The molecule has 4 aromatic carbocycles. The van der Waals surface area contributed by atoms with Crippen LogP contribution in [0.2, 0.25) is 5.02 Å². The van der Waals surface area contributed by atoms with Crippen LogP contribution in [0.15, 0.2) is 108 Å². The van der Waals surface area contributed by atoms with Crippen molar-refractivity contribution in [2.45, 2.75) is 17.1 Å². The third-order valence-electron chi connectivity index (χ3n) is 6.15. The van der Waals surface area contributed by atoms with Crippen LogP contribution < -0.4 is 25.4 Å². The molecule has 0 aromatic heterocycles. The van der Waals surface area contributed by atoms with Gasteiger partial charge in [0.15, 0.2) is 0 Å². The summed E-state index contributed by atoms with van der Waals surface area (Å²) in [4.78, 5) is 39.8. The first-order valence-electron chi connectivity index (χ1n) is 13.2. The topological polar surface area (TPSA) is 106 Å². The lowest BCUT2D eigenvalue weighted by Gasteiger charge is -2.15. The molecule has 0 spiro atoms. The number of carbonyl (C=O) groups is 3. The summed E-state index contributed by atoms with van der Waals surface area (Å²) in [6.45, 7) is 1.80. The molecule has 3 N–H and O–H groups in total. The summed E-state index contributed by atoms with van der Waals surface area (Å²) < 4.78 is 10.6. The molecular weight excluding hydrogens is 586 g/mol. The Morgan fingerprint density at radius 2 is 1.58 bits per heavy atom. The van der Waals surface area contributed by atoms with Gasteiger partial charge >= 0.3 is 0 Å². The van der Waals surface area contributed by atoms with E-state index in [1.165, 1.54) is 18.9 Å². The summed E-state index contributed by atoms with van der Waals surface area (Å²) in [5, 5.41) is 8.50. The highest BCUT2D eigenvalue weighted by Crippen LogP contribution is 2.31. The monoisotopic (exact) mass is 615 g/mol. The number of benzene rings is 4. The highest BCUT2D eigenvalue weighted by Gasteiger charge is 2.18. The molecule has 0 fully saturated rings. The highest BCUT2D eigenvalue weighted by molar-refractivity contribution is 8.00. The van der Waals surface area contributed by atoms with Crippen LogP contribution in [0.4, 0.5) is 11.4 Å². The van der Waals surface area contributed by atoms with E-state index in [0.717, 1.165) is 4.90 Å². The van der Waals surface area contributed by atoms with E-state index in [-0.39, 0.29) is 11.6 Å². The third kappa shape index (κ3) is 8.88. The number of amides is 3. The fourth-order valence-electron chi connectivity index (χ4n) is 3.91. The molecular formula is C33H30ClN3O5S. The molecule has 0 aliphatic carbocycles. The second-order valence-corrected chi connectivity index (χ2v) is 11.1. The number of nitrogens with one attached hydrogen (secondary N) is 3. The predicted molar refractivity (Wildman–Crippen MR) is 172 cm³/mol. The summed E-state index contributed by atoms with van der Waals surface area (Å²) in [5.41, 5.74) is 2.17. The van der Waals surface area contributed by atoms with Crippen molar-refractivity contribution in [3.8, 4) is 11.5 Å². The Bertz CT molecular complexity index is 1630. The Labute approximate surface area is 259 Å². The summed E-state index contributed by atoms with van der Waals surface area (Å²) in [6.07, 6.45) is 1.56. The SMILES string of the molecule is COc1ccc(NC(=O)C(C)Sc2ccc(NC(=O)/C(=C/c3cccc(Cl)c3)NC(=O)c3ccccc3)cc2)c(OC)c1. The standard InChI is InChI=1S/C33H30ClN3O5S/c1-21(31(38)36-28-17-14-26(41-2)20-30(28)42-3)43-27-15-12-25(13-16-27)35-33(40)29(19-22-8-7-11-24(34)18-22)37-32(39)23-9-5-4-6-10-23/h4-21H,1-3H3,(H,35,40)(H,36,38)(H,37,39)/b29-19-. The molecule has 0 radical (unpaired) electrons. The molecule has 3 amide bonds. The van der Waals surface area contributed by atoms with Gasteiger partial charge in [-0.3, -0.25) is 14.4 Å². The molecule has 4 aromatic rings. The van der Waals surface area contributed by atoms with Gasteiger partial charge in [-0.25, -0.2) is 0 Å². The number of anilines is 2. The van der Waals surface area contributed by atoms with E-state index in [2.05, 4.69) is 16.0 Å². The second-order valence-electron chi connectivity index (χ2n) is 9.23. The molecule has 43 heavy (non-hydrogen) atoms. The average molecular weight is 616 g/mol. The average Bonchev–Trinajstić information content (AvgIpc) is 3.02. The fourth-order valence-corrected chi connectivity index (χ4v) is 4.98. The Kier molecular flexibility index (Phi) is 10.9. The van der Waals surface area contributed by atoms with Crippen molar-refractivity contribution >= 4 is 58.5 Å². The van der Waals surface area contributed by atoms with Gasteiger partial charge in [-0.1, -0.05) is 41.9 Å². The van der Waals surface area contributed by atoms with Crippen LogP contribution in [0.1, 0.15) is 22.8 Å². The number of rotatable bonds is 11. The van der Waals surface area contributed by atoms with Crippen LogP contribution in [0.5, 0.6) is 11.5 Å². The van der Waals surface area contributed by atoms with Crippen molar-refractivity contribution in [3.63, 3.8) is 0 Å². The second kappa shape index (κ2) is 14.9. The number of thioether (sulfide) groups is 1. The Hall–Kier alpha value is -4.73. The largest absolute Gasteiger partial charge is 0.497 e. The molecule has 1 unspecified atom stereocenters. The van der Waals surface area contributed by atoms with E-state index in [4.69, 9.17) is 21.1 Å². The quantitative estimate of drug-likeness (QED) is 0.125. The van der Waals surface area contributed by atoms with Crippen LogP contribution in [-0.2, 0) is 9.59 Å². The molecule has 0 saturated heterocycles. The van der Waals surface area contributed by atoms with Crippen molar-refractivity contribution in [1.82, 2.24) is 5.32 Å². The highest BCUT2D eigenvalue weighted by atomic mass is 35.5. The van der Waals surface area contributed by atoms with Crippen LogP contribution in [0.3, 0.4) is 0 Å². The van der Waals surface area contributed by atoms with Gasteiger partial charge in [-0.05, 0) is 79.2 Å². The van der Waals surface area contributed by atoms with Crippen LogP contribution in [-0.4, -0.2) is 37.2 Å². The molecule has 0 aliphatic rings. The minimum Gasteiger partial charge on any atom is -0.497 e. The Balaban J connectivity index is 1.42.